The van der Waals surface area contributed by atoms with E-state index in [0.717, 1.165) is 22.3 Å². The molecular weight excluding hydrogens is 250 g/mol. The van der Waals surface area contributed by atoms with Gasteiger partial charge in [0.1, 0.15) is 5.76 Å². The molecule has 2 heterocycles. The lowest BCUT2D eigenvalue weighted by atomic mass is 10.2. The first-order chi connectivity index (χ1) is 8.38. The van der Waals surface area contributed by atoms with Gasteiger partial charge in [0.15, 0.2) is 11.0 Å². The fourth-order valence-corrected chi connectivity index (χ4v) is 2.39. The average molecular weight is 267 g/mol. The van der Waals surface area contributed by atoms with E-state index in [9.17, 15) is 5.11 Å². The lowest BCUT2D eigenvalue weighted by molar-refractivity contribution is 0.107. The Kier molecular flexibility index (Phi) is 3.49. The second-order valence-electron chi connectivity index (χ2n) is 4.86. The summed E-state index contributed by atoms with van der Waals surface area (Å²) in [5.41, 5.74) is 0.225. The highest BCUT2D eigenvalue weighted by molar-refractivity contribution is 7.99. The maximum absolute atomic E-state index is 9.71. The van der Waals surface area contributed by atoms with E-state index < -0.39 is 5.60 Å². The molecule has 0 spiro atoms. The highest BCUT2D eigenvalue weighted by Gasteiger charge is 2.18. The smallest absolute Gasteiger partial charge is 0.191 e. The van der Waals surface area contributed by atoms with Crippen LogP contribution >= 0.6 is 11.8 Å². The second-order valence-corrected chi connectivity index (χ2v) is 5.80. The Morgan fingerprint density at radius 1 is 1.44 bits per heavy atom. The van der Waals surface area contributed by atoms with E-state index >= 15 is 0 Å². The first kappa shape index (κ1) is 13.2. The van der Waals surface area contributed by atoms with Gasteiger partial charge < -0.3 is 14.1 Å². The van der Waals surface area contributed by atoms with Gasteiger partial charge in [0, 0.05) is 12.8 Å². The number of furan rings is 1. The summed E-state index contributed by atoms with van der Waals surface area (Å²) in [6, 6.07) is 1.88. The number of rotatable bonds is 4. The van der Waals surface area contributed by atoms with Crippen molar-refractivity contribution in [2.75, 3.05) is 5.75 Å². The molecule has 0 aliphatic rings. The molecule has 0 fully saturated rings. The molecule has 5 nitrogen and oxygen atoms in total. The predicted octanol–water partition coefficient (Wildman–Crippen LogP) is 2.25. The Morgan fingerprint density at radius 3 is 2.72 bits per heavy atom. The second kappa shape index (κ2) is 4.78. The number of thioether (sulfide) groups is 1. The van der Waals surface area contributed by atoms with E-state index in [1.165, 1.54) is 11.8 Å². The van der Waals surface area contributed by atoms with E-state index in [-0.39, 0.29) is 0 Å². The van der Waals surface area contributed by atoms with Gasteiger partial charge in [0.05, 0.1) is 17.4 Å². The average Bonchev–Trinajstić information content (AvgIpc) is 2.81. The summed E-state index contributed by atoms with van der Waals surface area (Å²) in [5.74, 6) is 2.17. The molecule has 6 heteroatoms. The van der Waals surface area contributed by atoms with Crippen molar-refractivity contribution in [3.63, 3.8) is 0 Å². The van der Waals surface area contributed by atoms with Crippen LogP contribution in [0, 0.1) is 6.92 Å². The fraction of sp³-hybridized carbons (Fsp3) is 0.500. The summed E-state index contributed by atoms with van der Waals surface area (Å²) in [6.07, 6.45) is 1.64. The summed E-state index contributed by atoms with van der Waals surface area (Å²) in [7, 11) is 1.91. The summed E-state index contributed by atoms with van der Waals surface area (Å²) in [5, 5.41) is 18.8. The SMILES string of the molecule is Cc1occc1-c1nnc(SCC(C)(C)O)n1C. The van der Waals surface area contributed by atoms with Crippen LogP contribution < -0.4 is 0 Å². The number of hydrogen-bond acceptors (Lipinski definition) is 5. The summed E-state index contributed by atoms with van der Waals surface area (Å²) in [4.78, 5) is 0. The maximum Gasteiger partial charge on any atom is 0.191 e. The van der Waals surface area contributed by atoms with Crippen molar-refractivity contribution in [3.05, 3.63) is 18.1 Å². The molecule has 2 rings (SSSR count). The van der Waals surface area contributed by atoms with E-state index in [1.807, 2.05) is 24.6 Å². The van der Waals surface area contributed by atoms with E-state index in [0.29, 0.717) is 5.75 Å². The maximum atomic E-state index is 9.71. The van der Waals surface area contributed by atoms with Crippen LogP contribution in [0.3, 0.4) is 0 Å². The molecule has 0 saturated carbocycles. The van der Waals surface area contributed by atoms with Crippen LogP contribution in [-0.2, 0) is 7.05 Å². The van der Waals surface area contributed by atoms with Crippen LogP contribution in [0.4, 0.5) is 0 Å². The zero-order valence-electron chi connectivity index (χ0n) is 11.0. The molecular formula is C12H17N3O2S. The molecule has 0 radical (unpaired) electrons. The lowest BCUT2D eigenvalue weighted by Gasteiger charge is -2.15. The third-order valence-electron chi connectivity index (χ3n) is 2.49. The van der Waals surface area contributed by atoms with Gasteiger partial charge in [-0.2, -0.15) is 0 Å². The minimum atomic E-state index is -0.720. The van der Waals surface area contributed by atoms with Gasteiger partial charge >= 0.3 is 0 Å². The van der Waals surface area contributed by atoms with Crippen LogP contribution in [-0.4, -0.2) is 31.2 Å². The van der Waals surface area contributed by atoms with Gasteiger partial charge in [-0.1, -0.05) is 11.8 Å². The molecule has 1 N–H and O–H groups in total. The molecule has 0 aliphatic carbocycles. The molecule has 0 aromatic carbocycles. The molecule has 0 aliphatic heterocycles. The van der Waals surface area contributed by atoms with Gasteiger partial charge in [-0.25, -0.2) is 0 Å². The Morgan fingerprint density at radius 2 is 2.17 bits per heavy atom. The first-order valence-corrected chi connectivity index (χ1v) is 6.66. The third kappa shape index (κ3) is 2.76. The lowest BCUT2D eigenvalue weighted by Crippen LogP contribution is -2.22. The topological polar surface area (TPSA) is 64.1 Å². The summed E-state index contributed by atoms with van der Waals surface area (Å²) < 4.78 is 7.18. The highest BCUT2D eigenvalue weighted by atomic mass is 32.2. The summed E-state index contributed by atoms with van der Waals surface area (Å²) in [6.45, 7) is 5.45. The van der Waals surface area contributed by atoms with Crippen molar-refractivity contribution in [2.24, 2.45) is 7.05 Å². The van der Waals surface area contributed by atoms with Crippen LogP contribution in [0.1, 0.15) is 19.6 Å². The van der Waals surface area contributed by atoms with Gasteiger partial charge in [-0.3, -0.25) is 0 Å². The van der Waals surface area contributed by atoms with E-state index in [4.69, 9.17) is 4.42 Å². The molecule has 0 saturated heterocycles. The van der Waals surface area contributed by atoms with Gasteiger partial charge in [-0.05, 0) is 26.8 Å². The van der Waals surface area contributed by atoms with Crippen molar-refractivity contribution in [3.8, 4) is 11.4 Å². The third-order valence-corrected chi connectivity index (χ3v) is 3.95. The molecule has 18 heavy (non-hydrogen) atoms. The summed E-state index contributed by atoms with van der Waals surface area (Å²) >= 11 is 1.49. The minimum absolute atomic E-state index is 0.573. The monoisotopic (exact) mass is 267 g/mol. The molecule has 2 aromatic rings. The van der Waals surface area contributed by atoms with Crippen molar-refractivity contribution in [1.29, 1.82) is 0 Å². The standard InChI is InChI=1S/C12H17N3O2S/c1-8-9(5-6-17-8)10-13-14-11(15(10)4)18-7-12(2,3)16/h5-6,16H,7H2,1-4H3. The van der Waals surface area contributed by atoms with Crippen molar-refractivity contribution < 1.29 is 9.52 Å². The minimum Gasteiger partial charge on any atom is -0.469 e. The van der Waals surface area contributed by atoms with Crippen molar-refractivity contribution in [1.82, 2.24) is 14.8 Å². The predicted molar refractivity (Wildman–Crippen MR) is 70.5 cm³/mol. The zero-order valence-corrected chi connectivity index (χ0v) is 11.8. The number of aromatic nitrogens is 3. The largest absolute Gasteiger partial charge is 0.469 e. The Hall–Kier alpha value is -1.27. The Bertz CT molecular complexity index is 540. The number of nitrogens with zero attached hydrogens (tertiary/aromatic N) is 3. The number of aliphatic hydroxyl groups is 1. The Balaban J connectivity index is 2.22. The van der Waals surface area contributed by atoms with Crippen LogP contribution in [0.2, 0.25) is 0 Å². The number of hydrogen-bond donors (Lipinski definition) is 1. The van der Waals surface area contributed by atoms with Crippen LogP contribution in [0.5, 0.6) is 0 Å². The van der Waals surface area contributed by atoms with Crippen LogP contribution in [0.15, 0.2) is 21.9 Å². The molecule has 0 amide bonds. The number of aryl methyl sites for hydroxylation is 1. The van der Waals surface area contributed by atoms with Gasteiger partial charge in [0.2, 0.25) is 0 Å². The van der Waals surface area contributed by atoms with Crippen molar-refractivity contribution >= 4 is 11.8 Å². The van der Waals surface area contributed by atoms with Crippen molar-refractivity contribution in [2.45, 2.75) is 31.5 Å². The molecule has 0 unspecified atom stereocenters. The normalized spacial score (nSPS) is 12.1. The van der Waals surface area contributed by atoms with Gasteiger partial charge in [0.25, 0.3) is 0 Å². The quantitative estimate of drug-likeness (QED) is 0.861. The van der Waals surface area contributed by atoms with Gasteiger partial charge in [-0.15, -0.1) is 10.2 Å². The molecule has 2 aromatic heterocycles. The Labute approximate surface area is 110 Å². The van der Waals surface area contributed by atoms with E-state index in [2.05, 4.69) is 10.2 Å². The zero-order chi connectivity index (χ0) is 13.3. The fourth-order valence-electron chi connectivity index (χ4n) is 1.53. The molecule has 0 bridgehead atoms. The molecule has 98 valence electrons. The first-order valence-electron chi connectivity index (χ1n) is 5.67. The van der Waals surface area contributed by atoms with Crippen LogP contribution in [0.25, 0.3) is 11.4 Å². The highest BCUT2D eigenvalue weighted by Crippen LogP contribution is 2.27. The molecule has 0 atom stereocenters. The van der Waals surface area contributed by atoms with E-state index in [1.54, 1.807) is 20.1 Å².